The van der Waals surface area contributed by atoms with E-state index in [4.69, 9.17) is 0 Å². The van der Waals surface area contributed by atoms with Gasteiger partial charge in [0, 0.05) is 44.6 Å². The number of hydrogen-bond donors (Lipinski definition) is 0. The van der Waals surface area contributed by atoms with Crippen molar-refractivity contribution in [1.82, 2.24) is 24.6 Å². The molecule has 0 spiro atoms. The van der Waals surface area contributed by atoms with Gasteiger partial charge in [0.05, 0.1) is 5.56 Å². The fraction of sp³-hybridized carbons (Fsp3) is 0.263. The van der Waals surface area contributed by atoms with Crippen molar-refractivity contribution < 1.29 is 18.0 Å². The monoisotopic (exact) mass is 402 g/mol. The van der Waals surface area contributed by atoms with Gasteiger partial charge in [-0.15, -0.1) is 0 Å². The standard InChI is InChI=1S/C19H17F3N6O/c1-12-24-15(11-16(25-12)28-6-2-5-23-28)26-7-9-27(10-8-26)19(29)13-3-4-14(20)18(22)17(13)21/h2-6,11H,7-10H2,1H3. The number of rotatable bonds is 3. The Hall–Kier alpha value is -3.43. The lowest BCUT2D eigenvalue weighted by Gasteiger charge is -2.35. The zero-order chi connectivity index (χ0) is 20.5. The molecule has 0 saturated carbocycles. The molecule has 7 nitrogen and oxygen atoms in total. The van der Waals surface area contributed by atoms with Crippen molar-refractivity contribution in [2.45, 2.75) is 6.92 Å². The molecule has 0 radical (unpaired) electrons. The number of carbonyl (C=O) groups excluding carboxylic acids is 1. The van der Waals surface area contributed by atoms with Crippen molar-refractivity contribution in [3.63, 3.8) is 0 Å². The van der Waals surface area contributed by atoms with Gasteiger partial charge in [-0.2, -0.15) is 5.10 Å². The molecule has 0 bridgehead atoms. The Bertz CT molecular complexity index is 1050. The molecule has 3 heterocycles. The van der Waals surface area contributed by atoms with Crippen molar-refractivity contribution >= 4 is 11.7 Å². The lowest BCUT2D eigenvalue weighted by Crippen LogP contribution is -2.49. The average molecular weight is 402 g/mol. The molecule has 0 aliphatic carbocycles. The predicted molar refractivity (Wildman–Crippen MR) is 98.3 cm³/mol. The van der Waals surface area contributed by atoms with Crippen LogP contribution in [0.3, 0.4) is 0 Å². The maximum atomic E-state index is 13.9. The van der Waals surface area contributed by atoms with E-state index in [0.29, 0.717) is 30.5 Å². The van der Waals surface area contributed by atoms with Crippen molar-refractivity contribution in [1.29, 1.82) is 0 Å². The summed E-state index contributed by atoms with van der Waals surface area (Å²) in [7, 11) is 0. The highest BCUT2D eigenvalue weighted by atomic mass is 19.2. The summed E-state index contributed by atoms with van der Waals surface area (Å²) in [6, 6.07) is 5.31. The van der Waals surface area contributed by atoms with Crippen molar-refractivity contribution in [2.75, 3.05) is 31.1 Å². The van der Waals surface area contributed by atoms with Gasteiger partial charge in [0.25, 0.3) is 5.91 Å². The number of benzene rings is 1. The molecule has 2 aromatic heterocycles. The third-order valence-corrected chi connectivity index (χ3v) is 4.71. The molecule has 4 rings (SSSR count). The highest BCUT2D eigenvalue weighted by molar-refractivity contribution is 5.94. The largest absolute Gasteiger partial charge is 0.353 e. The van der Waals surface area contributed by atoms with E-state index in [2.05, 4.69) is 15.1 Å². The molecule has 1 aliphatic heterocycles. The van der Waals surface area contributed by atoms with E-state index in [1.165, 1.54) is 4.90 Å². The highest BCUT2D eigenvalue weighted by Crippen LogP contribution is 2.20. The Kier molecular flexibility index (Phi) is 4.91. The third kappa shape index (κ3) is 3.65. The minimum absolute atomic E-state index is 0.289. The normalized spacial score (nSPS) is 14.3. The number of halogens is 3. The summed E-state index contributed by atoms with van der Waals surface area (Å²) in [5, 5.41) is 4.17. The van der Waals surface area contributed by atoms with Gasteiger partial charge < -0.3 is 9.80 Å². The van der Waals surface area contributed by atoms with Crippen LogP contribution in [0.25, 0.3) is 5.82 Å². The number of nitrogens with zero attached hydrogens (tertiary/aromatic N) is 6. The molecule has 1 amide bonds. The summed E-state index contributed by atoms with van der Waals surface area (Å²) >= 11 is 0. The van der Waals surface area contributed by atoms with Gasteiger partial charge in [-0.05, 0) is 25.1 Å². The molecule has 29 heavy (non-hydrogen) atoms. The second-order valence-corrected chi connectivity index (χ2v) is 6.58. The summed E-state index contributed by atoms with van der Waals surface area (Å²) in [4.78, 5) is 24.7. The molecule has 150 valence electrons. The van der Waals surface area contributed by atoms with Gasteiger partial charge in [0.1, 0.15) is 11.6 Å². The number of anilines is 1. The van der Waals surface area contributed by atoms with Crippen LogP contribution >= 0.6 is 0 Å². The molecule has 10 heteroatoms. The Labute approximate surface area is 164 Å². The van der Waals surface area contributed by atoms with Crippen LogP contribution in [0.5, 0.6) is 0 Å². The van der Waals surface area contributed by atoms with E-state index < -0.39 is 28.9 Å². The zero-order valence-corrected chi connectivity index (χ0v) is 15.5. The van der Waals surface area contributed by atoms with Crippen LogP contribution in [-0.4, -0.2) is 56.7 Å². The molecular weight excluding hydrogens is 385 g/mol. The quantitative estimate of drug-likeness (QED) is 0.630. The van der Waals surface area contributed by atoms with Crippen molar-refractivity contribution in [2.24, 2.45) is 0 Å². The molecule has 1 fully saturated rings. The van der Waals surface area contributed by atoms with Crippen LogP contribution in [0.1, 0.15) is 16.2 Å². The Balaban J connectivity index is 1.49. The Morgan fingerprint density at radius 1 is 1.00 bits per heavy atom. The Morgan fingerprint density at radius 3 is 2.41 bits per heavy atom. The summed E-state index contributed by atoms with van der Waals surface area (Å²) in [6.07, 6.45) is 3.43. The summed E-state index contributed by atoms with van der Waals surface area (Å²) in [5.74, 6) is -3.21. The maximum Gasteiger partial charge on any atom is 0.257 e. The van der Waals surface area contributed by atoms with E-state index in [9.17, 15) is 18.0 Å². The van der Waals surface area contributed by atoms with E-state index in [1.54, 1.807) is 36.1 Å². The number of piperazine rings is 1. The van der Waals surface area contributed by atoms with E-state index in [0.717, 1.165) is 12.1 Å². The van der Waals surface area contributed by atoms with Crippen molar-refractivity contribution in [3.8, 4) is 5.82 Å². The van der Waals surface area contributed by atoms with Gasteiger partial charge in [-0.25, -0.2) is 27.8 Å². The molecule has 0 unspecified atom stereocenters. The number of aromatic nitrogens is 4. The van der Waals surface area contributed by atoms with Crippen LogP contribution in [0.4, 0.5) is 19.0 Å². The lowest BCUT2D eigenvalue weighted by molar-refractivity contribution is 0.0740. The van der Waals surface area contributed by atoms with Crippen molar-refractivity contribution in [3.05, 3.63) is 65.5 Å². The van der Waals surface area contributed by atoms with Gasteiger partial charge in [0.15, 0.2) is 23.3 Å². The van der Waals surface area contributed by atoms with Crippen LogP contribution < -0.4 is 4.90 Å². The van der Waals surface area contributed by atoms with Gasteiger partial charge in [-0.3, -0.25) is 4.79 Å². The smallest absolute Gasteiger partial charge is 0.257 e. The fourth-order valence-corrected chi connectivity index (χ4v) is 3.22. The topological polar surface area (TPSA) is 67.2 Å². The highest BCUT2D eigenvalue weighted by Gasteiger charge is 2.27. The lowest BCUT2D eigenvalue weighted by atomic mass is 10.1. The van der Waals surface area contributed by atoms with Gasteiger partial charge in [0.2, 0.25) is 0 Å². The summed E-state index contributed by atoms with van der Waals surface area (Å²) in [6.45, 7) is 3.26. The molecule has 0 atom stereocenters. The second kappa shape index (κ2) is 7.53. The number of carbonyl (C=O) groups is 1. The summed E-state index contributed by atoms with van der Waals surface area (Å²) in [5.41, 5.74) is -0.476. The van der Waals surface area contributed by atoms with Gasteiger partial charge in [-0.1, -0.05) is 0 Å². The third-order valence-electron chi connectivity index (χ3n) is 4.71. The van der Waals surface area contributed by atoms with Crippen LogP contribution in [0.15, 0.2) is 36.7 Å². The summed E-state index contributed by atoms with van der Waals surface area (Å²) < 4.78 is 42.1. The molecule has 1 saturated heterocycles. The Morgan fingerprint density at radius 2 is 1.72 bits per heavy atom. The van der Waals surface area contributed by atoms with E-state index in [-0.39, 0.29) is 13.1 Å². The first-order chi connectivity index (χ1) is 13.9. The first-order valence-corrected chi connectivity index (χ1v) is 8.97. The fourth-order valence-electron chi connectivity index (χ4n) is 3.22. The minimum Gasteiger partial charge on any atom is -0.353 e. The second-order valence-electron chi connectivity index (χ2n) is 6.58. The molecular formula is C19H17F3N6O. The number of amides is 1. The first-order valence-electron chi connectivity index (χ1n) is 8.97. The predicted octanol–water partition coefficient (Wildman–Crippen LogP) is 2.35. The van der Waals surface area contributed by atoms with E-state index >= 15 is 0 Å². The molecule has 0 N–H and O–H groups in total. The average Bonchev–Trinajstić information content (AvgIpc) is 3.26. The zero-order valence-electron chi connectivity index (χ0n) is 15.5. The van der Waals surface area contributed by atoms with Crippen LogP contribution in [0.2, 0.25) is 0 Å². The molecule has 3 aromatic rings. The van der Waals surface area contributed by atoms with Crippen LogP contribution in [-0.2, 0) is 0 Å². The molecule has 1 aromatic carbocycles. The number of aryl methyl sites for hydroxylation is 1. The SMILES string of the molecule is Cc1nc(N2CCN(C(=O)c3ccc(F)c(F)c3F)CC2)cc(-n2cccn2)n1. The van der Waals surface area contributed by atoms with Gasteiger partial charge >= 0.3 is 0 Å². The number of hydrogen-bond acceptors (Lipinski definition) is 5. The molecule has 1 aliphatic rings. The minimum atomic E-state index is -1.64. The van der Waals surface area contributed by atoms with Crippen LogP contribution in [0, 0.1) is 24.4 Å². The first kappa shape index (κ1) is 18.9. The van der Waals surface area contributed by atoms with E-state index in [1.807, 2.05) is 4.90 Å². The maximum absolute atomic E-state index is 13.9.